The Kier molecular flexibility index (Phi) is 7.93. The lowest BCUT2D eigenvalue weighted by molar-refractivity contribution is 0.134. The van der Waals surface area contributed by atoms with Gasteiger partial charge in [0.1, 0.15) is 11.5 Å². The highest BCUT2D eigenvalue weighted by Crippen LogP contribution is 2.25. The number of aromatic nitrogens is 1. The van der Waals surface area contributed by atoms with E-state index in [1.807, 2.05) is 23.1 Å². The molecule has 2 heterocycles. The van der Waals surface area contributed by atoms with Crippen molar-refractivity contribution in [3.8, 4) is 11.5 Å². The van der Waals surface area contributed by atoms with Crippen molar-refractivity contribution in [3.63, 3.8) is 0 Å². The summed E-state index contributed by atoms with van der Waals surface area (Å²) in [7, 11) is 3.35. The molecule has 0 atom stereocenters. The fraction of sp³-hybridized carbons (Fsp3) is 0.545. The zero-order valence-corrected chi connectivity index (χ0v) is 19.1. The van der Waals surface area contributed by atoms with Gasteiger partial charge in [-0.2, -0.15) is 0 Å². The van der Waals surface area contributed by atoms with Crippen molar-refractivity contribution in [2.24, 2.45) is 0 Å². The third-order valence-corrected chi connectivity index (χ3v) is 6.46. The van der Waals surface area contributed by atoms with Gasteiger partial charge in [-0.25, -0.2) is 9.78 Å². The van der Waals surface area contributed by atoms with Gasteiger partial charge in [0, 0.05) is 62.6 Å². The van der Waals surface area contributed by atoms with Crippen molar-refractivity contribution in [2.45, 2.75) is 32.7 Å². The predicted molar refractivity (Wildman–Crippen MR) is 120 cm³/mol. The Labute approximate surface area is 183 Å². The lowest BCUT2D eigenvalue weighted by atomic mass is 10.1. The second kappa shape index (κ2) is 10.6. The number of nitrogens with one attached hydrogen (secondary N) is 1. The minimum Gasteiger partial charge on any atom is -0.497 e. The molecule has 1 saturated heterocycles. The van der Waals surface area contributed by atoms with Gasteiger partial charge in [0.05, 0.1) is 24.9 Å². The van der Waals surface area contributed by atoms with Crippen molar-refractivity contribution in [1.82, 2.24) is 20.1 Å². The van der Waals surface area contributed by atoms with Crippen LogP contribution in [0, 0.1) is 0 Å². The number of ether oxygens (including phenoxy) is 2. The predicted octanol–water partition coefficient (Wildman–Crippen LogP) is 3.35. The maximum Gasteiger partial charge on any atom is 0.317 e. The summed E-state index contributed by atoms with van der Waals surface area (Å²) in [5.74, 6) is 2.13. The summed E-state index contributed by atoms with van der Waals surface area (Å²) in [4.78, 5) is 21.3. The summed E-state index contributed by atoms with van der Waals surface area (Å²) in [6, 6.07) is 5.86. The third-order valence-electron chi connectivity index (χ3n) is 5.26. The number of rotatable bonds is 8. The highest BCUT2D eigenvalue weighted by molar-refractivity contribution is 7.09. The zero-order valence-electron chi connectivity index (χ0n) is 18.3. The molecule has 0 saturated carbocycles. The Balaban J connectivity index is 1.43. The van der Waals surface area contributed by atoms with Crippen LogP contribution in [0.15, 0.2) is 23.6 Å². The van der Waals surface area contributed by atoms with E-state index in [0.717, 1.165) is 53.8 Å². The minimum absolute atomic E-state index is 0.00734. The van der Waals surface area contributed by atoms with Crippen LogP contribution in [0.5, 0.6) is 11.5 Å². The molecule has 0 aliphatic carbocycles. The SMILES string of the molecule is COc1ccc(OC)c(CN2CCN(C(=O)NCCc3csc(C(C)C)n3)CC2)c1. The largest absolute Gasteiger partial charge is 0.497 e. The lowest BCUT2D eigenvalue weighted by Crippen LogP contribution is -2.51. The van der Waals surface area contributed by atoms with Crippen LogP contribution in [-0.4, -0.2) is 67.8 Å². The van der Waals surface area contributed by atoms with Gasteiger partial charge in [0.25, 0.3) is 0 Å². The number of hydrogen-bond donors (Lipinski definition) is 1. The lowest BCUT2D eigenvalue weighted by Gasteiger charge is -2.35. The van der Waals surface area contributed by atoms with Crippen LogP contribution >= 0.6 is 11.3 Å². The molecule has 3 rings (SSSR count). The molecule has 1 aliphatic heterocycles. The second-order valence-electron chi connectivity index (χ2n) is 7.75. The summed E-state index contributed by atoms with van der Waals surface area (Å²) in [5.41, 5.74) is 2.15. The second-order valence-corrected chi connectivity index (χ2v) is 8.64. The highest BCUT2D eigenvalue weighted by atomic mass is 32.1. The van der Waals surface area contributed by atoms with Crippen LogP contribution in [0.25, 0.3) is 0 Å². The van der Waals surface area contributed by atoms with E-state index in [1.54, 1.807) is 25.6 Å². The fourth-order valence-corrected chi connectivity index (χ4v) is 4.34. The monoisotopic (exact) mass is 432 g/mol. The maximum absolute atomic E-state index is 12.5. The highest BCUT2D eigenvalue weighted by Gasteiger charge is 2.22. The molecule has 0 spiro atoms. The molecule has 7 nitrogen and oxygen atoms in total. The Morgan fingerprint density at radius 3 is 2.60 bits per heavy atom. The van der Waals surface area contributed by atoms with Crippen LogP contribution in [0.4, 0.5) is 4.79 Å². The molecule has 8 heteroatoms. The van der Waals surface area contributed by atoms with E-state index in [2.05, 4.69) is 34.4 Å². The molecule has 0 radical (unpaired) electrons. The Morgan fingerprint density at radius 1 is 1.20 bits per heavy atom. The van der Waals surface area contributed by atoms with Gasteiger partial charge in [0.15, 0.2) is 0 Å². The van der Waals surface area contributed by atoms with Crippen molar-refractivity contribution in [3.05, 3.63) is 39.8 Å². The summed E-state index contributed by atoms with van der Waals surface area (Å²) in [5, 5.41) is 6.28. The Bertz CT molecular complexity index is 832. The maximum atomic E-state index is 12.5. The van der Waals surface area contributed by atoms with E-state index in [4.69, 9.17) is 9.47 Å². The normalized spacial score (nSPS) is 14.8. The number of methoxy groups -OCH3 is 2. The molecule has 1 N–H and O–H groups in total. The van der Waals surface area contributed by atoms with Gasteiger partial charge < -0.3 is 19.7 Å². The standard InChI is InChI=1S/C22H32N4O3S/c1-16(2)21-24-18(15-30-21)7-8-23-22(27)26-11-9-25(10-12-26)14-17-13-19(28-3)5-6-20(17)29-4/h5-6,13,15-16H,7-12,14H2,1-4H3,(H,23,27). The van der Waals surface area contributed by atoms with E-state index in [9.17, 15) is 4.79 Å². The number of thiazole rings is 1. The summed E-state index contributed by atoms with van der Waals surface area (Å²) < 4.78 is 10.8. The zero-order chi connectivity index (χ0) is 21.5. The first-order valence-electron chi connectivity index (χ1n) is 10.4. The van der Waals surface area contributed by atoms with Gasteiger partial charge in [-0.15, -0.1) is 11.3 Å². The Hall–Kier alpha value is -2.32. The van der Waals surface area contributed by atoms with E-state index < -0.39 is 0 Å². The number of carbonyl (C=O) groups is 1. The van der Waals surface area contributed by atoms with E-state index in [1.165, 1.54) is 0 Å². The molecule has 164 valence electrons. The number of hydrogen-bond acceptors (Lipinski definition) is 6. The van der Waals surface area contributed by atoms with Crippen LogP contribution in [0.2, 0.25) is 0 Å². The van der Waals surface area contributed by atoms with Crippen molar-refractivity contribution in [2.75, 3.05) is 46.9 Å². The number of piperazine rings is 1. The average Bonchev–Trinajstić information content (AvgIpc) is 3.23. The quantitative estimate of drug-likeness (QED) is 0.693. The number of amides is 2. The fourth-order valence-electron chi connectivity index (χ4n) is 3.47. The van der Waals surface area contributed by atoms with Crippen molar-refractivity contribution >= 4 is 17.4 Å². The summed E-state index contributed by atoms with van der Waals surface area (Å²) in [6.45, 7) is 8.77. The van der Waals surface area contributed by atoms with Crippen molar-refractivity contribution in [1.29, 1.82) is 0 Å². The van der Waals surface area contributed by atoms with Crippen LogP contribution in [0.1, 0.15) is 36.0 Å². The minimum atomic E-state index is 0.00734. The van der Waals surface area contributed by atoms with Gasteiger partial charge in [0.2, 0.25) is 0 Å². The first-order chi connectivity index (χ1) is 14.5. The first-order valence-corrected chi connectivity index (χ1v) is 11.3. The van der Waals surface area contributed by atoms with Crippen LogP contribution < -0.4 is 14.8 Å². The molecule has 30 heavy (non-hydrogen) atoms. The van der Waals surface area contributed by atoms with Gasteiger partial charge in [-0.1, -0.05) is 13.8 Å². The molecule has 1 aromatic heterocycles. The van der Waals surface area contributed by atoms with E-state index in [0.29, 0.717) is 25.6 Å². The van der Waals surface area contributed by atoms with Crippen LogP contribution in [-0.2, 0) is 13.0 Å². The van der Waals surface area contributed by atoms with Crippen LogP contribution in [0.3, 0.4) is 0 Å². The smallest absolute Gasteiger partial charge is 0.317 e. The Morgan fingerprint density at radius 2 is 1.97 bits per heavy atom. The number of carbonyl (C=O) groups excluding carboxylic acids is 1. The molecule has 0 bridgehead atoms. The molecule has 1 aliphatic rings. The summed E-state index contributed by atoms with van der Waals surface area (Å²) in [6.07, 6.45) is 0.768. The van der Waals surface area contributed by atoms with E-state index >= 15 is 0 Å². The van der Waals surface area contributed by atoms with Crippen molar-refractivity contribution < 1.29 is 14.3 Å². The number of nitrogens with zero attached hydrogens (tertiary/aromatic N) is 3. The molecule has 2 amide bonds. The molecule has 2 aromatic rings. The molecule has 0 unspecified atom stereocenters. The molecular formula is C22H32N4O3S. The number of benzene rings is 1. The molecule has 1 aromatic carbocycles. The molecular weight excluding hydrogens is 400 g/mol. The summed E-state index contributed by atoms with van der Waals surface area (Å²) >= 11 is 1.69. The first kappa shape index (κ1) is 22.4. The average molecular weight is 433 g/mol. The molecule has 1 fully saturated rings. The number of urea groups is 1. The van der Waals surface area contributed by atoms with Gasteiger partial charge in [-0.3, -0.25) is 4.90 Å². The van der Waals surface area contributed by atoms with Gasteiger partial charge in [-0.05, 0) is 18.2 Å². The van der Waals surface area contributed by atoms with Gasteiger partial charge >= 0.3 is 6.03 Å². The topological polar surface area (TPSA) is 66.9 Å². The van der Waals surface area contributed by atoms with E-state index in [-0.39, 0.29) is 6.03 Å². The third kappa shape index (κ3) is 5.86.